The highest BCUT2D eigenvalue weighted by molar-refractivity contribution is 5.85. The van der Waals surface area contributed by atoms with E-state index in [0.29, 0.717) is 24.0 Å². The monoisotopic (exact) mass is 368 g/mol. The minimum Gasteiger partial charge on any atom is -0.467 e. The van der Waals surface area contributed by atoms with Crippen molar-refractivity contribution >= 4 is 11.9 Å². The highest BCUT2D eigenvalue weighted by Crippen LogP contribution is 2.37. The maximum absolute atomic E-state index is 13.6. The number of fused-ring (bicyclic) bond motifs is 1. The number of aryl methyl sites for hydroxylation is 1. The lowest BCUT2D eigenvalue weighted by Crippen LogP contribution is -2.44. The molecule has 0 spiro atoms. The van der Waals surface area contributed by atoms with Crippen LogP contribution >= 0.6 is 0 Å². The number of esters is 1. The van der Waals surface area contributed by atoms with E-state index in [0.717, 1.165) is 6.07 Å². The molecule has 1 aliphatic heterocycles. The van der Waals surface area contributed by atoms with E-state index in [1.807, 2.05) is 0 Å². The lowest BCUT2D eigenvalue weighted by molar-refractivity contribution is -0.151. The molecule has 4 atom stereocenters. The van der Waals surface area contributed by atoms with Crippen molar-refractivity contribution in [3.8, 4) is 0 Å². The first kappa shape index (κ1) is 18.7. The molecule has 0 bridgehead atoms. The second kappa shape index (κ2) is 7.28. The molecule has 0 radical (unpaired) electrons. The summed E-state index contributed by atoms with van der Waals surface area (Å²) < 4.78 is 31.6. The quantitative estimate of drug-likeness (QED) is 0.769. The van der Waals surface area contributed by atoms with E-state index in [-0.39, 0.29) is 31.2 Å². The van der Waals surface area contributed by atoms with Gasteiger partial charge in [-0.1, -0.05) is 0 Å². The van der Waals surface area contributed by atoms with Crippen molar-refractivity contribution in [2.45, 2.75) is 49.8 Å². The van der Waals surface area contributed by atoms with Gasteiger partial charge in [0.15, 0.2) is 11.6 Å². The van der Waals surface area contributed by atoms with Gasteiger partial charge in [-0.2, -0.15) is 0 Å². The van der Waals surface area contributed by atoms with Crippen molar-refractivity contribution in [1.82, 2.24) is 4.90 Å². The highest BCUT2D eigenvalue weighted by atomic mass is 19.2. The molecule has 1 fully saturated rings. The van der Waals surface area contributed by atoms with Crippen molar-refractivity contribution in [2.24, 2.45) is 5.73 Å². The Labute approximate surface area is 149 Å². The fraction of sp³-hybridized carbons (Fsp3) is 0.556. The smallest absolute Gasteiger partial charge is 0.328 e. The van der Waals surface area contributed by atoms with E-state index in [1.54, 1.807) is 0 Å². The molecule has 26 heavy (non-hydrogen) atoms. The van der Waals surface area contributed by atoms with Crippen molar-refractivity contribution in [2.75, 3.05) is 13.7 Å². The number of rotatable bonds is 4. The van der Waals surface area contributed by atoms with Crippen LogP contribution in [0, 0.1) is 11.6 Å². The number of hydrogen-bond donors (Lipinski definition) is 2. The molecule has 1 saturated heterocycles. The number of halogens is 2. The van der Waals surface area contributed by atoms with Gasteiger partial charge in [-0.05, 0) is 36.1 Å². The van der Waals surface area contributed by atoms with Crippen LogP contribution in [0.15, 0.2) is 12.1 Å². The Morgan fingerprint density at radius 3 is 2.77 bits per heavy atom. The molecule has 6 nitrogen and oxygen atoms in total. The second-order valence-corrected chi connectivity index (χ2v) is 6.95. The molecule has 1 amide bonds. The van der Waals surface area contributed by atoms with Crippen molar-refractivity contribution in [3.05, 3.63) is 34.9 Å². The molecule has 8 heteroatoms. The number of nitrogens with two attached hydrogens (primary N) is 1. The topological polar surface area (TPSA) is 92.9 Å². The molecule has 1 heterocycles. The van der Waals surface area contributed by atoms with Gasteiger partial charge in [0.05, 0.1) is 13.2 Å². The Morgan fingerprint density at radius 1 is 1.38 bits per heavy atom. The Morgan fingerprint density at radius 2 is 2.08 bits per heavy atom. The van der Waals surface area contributed by atoms with E-state index in [9.17, 15) is 23.5 Å². The first-order chi connectivity index (χ1) is 12.3. The van der Waals surface area contributed by atoms with Crippen LogP contribution in [0.25, 0.3) is 0 Å². The molecule has 1 aromatic carbocycles. The summed E-state index contributed by atoms with van der Waals surface area (Å²) in [6.07, 6.45) is 0.471. The van der Waals surface area contributed by atoms with Gasteiger partial charge < -0.3 is 20.5 Å². The summed E-state index contributed by atoms with van der Waals surface area (Å²) in [5.74, 6) is -3.01. The molecule has 142 valence electrons. The maximum Gasteiger partial charge on any atom is 0.328 e. The number of benzene rings is 1. The number of likely N-dealkylation sites (tertiary alicyclic amines) is 1. The number of methoxy groups -OCH3 is 1. The second-order valence-electron chi connectivity index (χ2n) is 6.95. The third kappa shape index (κ3) is 3.43. The van der Waals surface area contributed by atoms with E-state index < -0.39 is 35.8 Å². The molecule has 1 aliphatic carbocycles. The first-order valence-electron chi connectivity index (χ1n) is 8.60. The van der Waals surface area contributed by atoms with E-state index in [4.69, 9.17) is 5.73 Å². The predicted molar refractivity (Wildman–Crippen MR) is 88.2 cm³/mol. The predicted octanol–water partition coefficient (Wildman–Crippen LogP) is 0.847. The largest absolute Gasteiger partial charge is 0.467 e. The summed E-state index contributed by atoms with van der Waals surface area (Å²) in [6, 6.07) is 0.925. The van der Waals surface area contributed by atoms with E-state index in [1.165, 1.54) is 18.1 Å². The van der Waals surface area contributed by atoms with Crippen LogP contribution in [0.4, 0.5) is 8.78 Å². The minimum atomic E-state index is -0.928. The summed E-state index contributed by atoms with van der Waals surface area (Å²) in [5.41, 5.74) is 7.54. The summed E-state index contributed by atoms with van der Waals surface area (Å²) in [6.45, 7) is 0.0480. The van der Waals surface area contributed by atoms with Gasteiger partial charge in [-0.15, -0.1) is 0 Å². The molecule has 0 aromatic heterocycles. The Hall–Kier alpha value is -2.06. The van der Waals surface area contributed by atoms with Crippen LogP contribution < -0.4 is 5.73 Å². The molecule has 0 unspecified atom stereocenters. The number of aliphatic hydroxyl groups is 1. The number of carbonyl (C=O) groups excluding carboxylic acids is 2. The van der Waals surface area contributed by atoms with Gasteiger partial charge in [0.25, 0.3) is 0 Å². The molecule has 1 aromatic rings. The zero-order valence-electron chi connectivity index (χ0n) is 14.5. The Bertz CT molecular complexity index is 727. The Kier molecular flexibility index (Phi) is 5.24. The van der Waals surface area contributed by atoms with Crippen molar-refractivity contribution in [1.29, 1.82) is 0 Å². The van der Waals surface area contributed by atoms with Crippen LogP contribution in [0.5, 0.6) is 0 Å². The third-order valence-corrected chi connectivity index (χ3v) is 5.31. The average molecular weight is 368 g/mol. The fourth-order valence-electron chi connectivity index (χ4n) is 3.99. The van der Waals surface area contributed by atoms with Crippen molar-refractivity contribution in [3.63, 3.8) is 0 Å². The molecular weight excluding hydrogens is 346 g/mol. The number of ether oxygens (including phenoxy) is 1. The zero-order chi connectivity index (χ0) is 19.0. The molecule has 2 aliphatic rings. The Balaban J connectivity index is 1.71. The van der Waals surface area contributed by atoms with Gasteiger partial charge in [0.1, 0.15) is 6.04 Å². The number of nitrogens with zero attached hydrogens (tertiary/aromatic N) is 1. The summed E-state index contributed by atoms with van der Waals surface area (Å²) in [5, 5.41) is 9.79. The molecule has 3 rings (SSSR count). The van der Waals surface area contributed by atoms with Crippen LogP contribution in [0.2, 0.25) is 0 Å². The van der Waals surface area contributed by atoms with Gasteiger partial charge in [0.2, 0.25) is 5.91 Å². The highest BCUT2D eigenvalue weighted by Gasteiger charge is 2.40. The van der Waals surface area contributed by atoms with E-state index in [2.05, 4.69) is 4.74 Å². The maximum atomic E-state index is 13.6. The van der Waals surface area contributed by atoms with Crippen molar-refractivity contribution < 1.29 is 28.2 Å². The van der Waals surface area contributed by atoms with Gasteiger partial charge >= 0.3 is 5.97 Å². The van der Waals surface area contributed by atoms with Crippen LogP contribution in [-0.4, -0.2) is 53.7 Å². The number of hydrogen-bond acceptors (Lipinski definition) is 5. The average Bonchev–Trinajstić information content (AvgIpc) is 3.18. The first-order valence-corrected chi connectivity index (χ1v) is 8.60. The zero-order valence-corrected chi connectivity index (χ0v) is 14.5. The molecule has 3 N–H and O–H groups in total. The number of amides is 1. The standard InChI is InChI=1S/C18H22F2N2O4/c1-26-18(25)16-5-10(23)8-22(16)17(24)7-15(21)11-3-2-9-4-13(19)14(20)6-12(9)11/h4,6,10-11,15-16,23H,2-3,5,7-8,21H2,1H3/t10-,11+,15+,16+/m1/s1. The summed E-state index contributed by atoms with van der Waals surface area (Å²) >= 11 is 0. The van der Waals surface area contributed by atoms with Crippen LogP contribution in [0.3, 0.4) is 0 Å². The number of carbonyl (C=O) groups is 2. The molecular formula is C18H22F2N2O4. The van der Waals surface area contributed by atoms with Gasteiger partial charge in [0, 0.05) is 31.3 Å². The third-order valence-electron chi connectivity index (χ3n) is 5.31. The number of aliphatic hydroxyl groups excluding tert-OH is 1. The normalized spacial score (nSPS) is 25.9. The van der Waals surface area contributed by atoms with Gasteiger partial charge in [-0.25, -0.2) is 13.6 Å². The summed E-state index contributed by atoms with van der Waals surface area (Å²) in [7, 11) is 1.23. The molecule has 0 saturated carbocycles. The SMILES string of the molecule is COC(=O)[C@@H]1C[C@@H](O)CN1C(=O)C[C@H](N)[C@H]1CCc2cc(F)c(F)cc21. The minimum absolute atomic E-state index is 0.0480. The van der Waals surface area contributed by atoms with Crippen LogP contribution in [-0.2, 0) is 20.7 Å². The van der Waals surface area contributed by atoms with Crippen LogP contribution in [0.1, 0.15) is 36.3 Å². The lowest BCUT2D eigenvalue weighted by Gasteiger charge is -2.26. The van der Waals surface area contributed by atoms with Gasteiger partial charge in [-0.3, -0.25) is 4.79 Å². The van der Waals surface area contributed by atoms with E-state index >= 15 is 0 Å². The lowest BCUT2D eigenvalue weighted by atomic mass is 9.91. The number of β-amino-alcohol motifs (C(OH)–C–C–N with tert-alkyl or cyclic N) is 1. The fourth-order valence-corrected chi connectivity index (χ4v) is 3.99. The summed E-state index contributed by atoms with van der Waals surface area (Å²) in [4.78, 5) is 25.7.